The third-order valence-electron chi connectivity index (χ3n) is 3.98. The lowest BCUT2D eigenvalue weighted by atomic mass is 9.99. The number of hydrogen-bond acceptors (Lipinski definition) is 2. The van der Waals surface area contributed by atoms with E-state index in [-0.39, 0.29) is 18.5 Å². The number of hydrogen-bond donors (Lipinski definition) is 1. The fourth-order valence-electron chi connectivity index (χ4n) is 2.96. The molecule has 110 valence electrons. The summed E-state index contributed by atoms with van der Waals surface area (Å²) in [5.74, 6) is 0.883. The number of nitrogens with zero attached hydrogens (tertiary/aromatic N) is 2. The fourth-order valence-corrected chi connectivity index (χ4v) is 2.96. The van der Waals surface area contributed by atoms with Crippen molar-refractivity contribution in [2.75, 3.05) is 20.2 Å². The minimum atomic E-state index is -0.0712. The molecule has 0 aliphatic carbocycles. The Balaban J connectivity index is 2.07. The van der Waals surface area contributed by atoms with Crippen molar-refractivity contribution in [2.24, 2.45) is 0 Å². The van der Waals surface area contributed by atoms with Crippen LogP contribution in [0.5, 0.6) is 5.75 Å². The summed E-state index contributed by atoms with van der Waals surface area (Å²) in [5, 5.41) is 0. The van der Waals surface area contributed by atoms with Crippen LogP contribution in [-0.4, -0.2) is 35.6 Å². The van der Waals surface area contributed by atoms with E-state index in [4.69, 9.17) is 4.74 Å². The van der Waals surface area contributed by atoms with E-state index in [0.717, 1.165) is 23.6 Å². The Hall–Kier alpha value is -2.27. The molecule has 2 aromatic rings. The molecule has 1 aromatic carbocycles. The highest BCUT2D eigenvalue weighted by molar-refractivity contribution is 5.78. The van der Waals surface area contributed by atoms with Crippen LogP contribution in [0.4, 0.5) is 0 Å². The summed E-state index contributed by atoms with van der Waals surface area (Å²) in [6.07, 6.45) is 2.06. The zero-order valence-electron chi connectivity index (χ0n) is 12.2. The van der Waals surface area contributed by atoms with Crippen LogP contribution in [0, 0.1) is 0 Å². The van der Waals surface area contributed by atoms with Gasteiger partial charge < -0.3 is 19.9 Å². The first kappa shape index (κ1) is 13.7. The molecule has 5 heteroatoms. The Morgan fingerprint density at radius 2 is 2.19 bits per heavy atom. The van der Waals surface area contributed by atoms with Crippen LogP contribution in [0.25, 0.3) is 0 Å². The second-order valence-electron chi connectivity index (χ2n) is 5.14. The summed E-state index contributed by atoms with van der Waals surface area (Å²) in [5.41, 5.74) is 5.94. The van der Waals surface area contributed by atoms with Crippen LogP contribution in [0.15, 0.2) is 42.6 Å². The molecular weight excluding hydrogens is 266 g/mol. The van der Waals surface area contributed by atoms with Crippen molar-refractivity contribution < 1.29 is 15.3 Å². The van der Waals surface area contributed by atoms with E-state index >= 15 is 0 Å². The van der Waals surface area contributed by atoms with Crippen molar-refractivity contribution >= 4 is 5.91 Å². The molecule has 5 nitrogen and oxygen atoms in total. The molecule has 0 radical (unpaired) electrons. The van der Waals surface area contributed by atoms with Crippen LogP contribution in [-0.2, 0) is 11.3 Å². The highest BCUT2D eigenvalue weighted by Crippen LogP contribution is 2.33. The first-order chi connectivity index (χ1) is 10.2. The quantitative estimate of drug-likeness (QED) is 0.901. The van der Waals surface area contributed by atoms with Gasteiger partial charge in [0.1, 0.15) is 5.75 Å². The summed E-state index contributed by atoms with van der Waals surface area (Å²) in [6.45, 7) is 1.81. The number of rotatable bonds is 3. The normalized spacial score (nSPS) is 17.4. The highest BCUT2D eigenvalue weighted by Gasteiger charge is 2.32. The van der Waals surface area contributed by atoms with Gasteiger partial charge in [0.25, 0.3) is 5.91 Å². The molecule has 0 saturated carbocycles. The Morgan fingerprint density at radius 1 is 1.33 bits per heavy atom. The number of ether oxygens (including phenoxy) is 1. The van der Waals surface area contributed by atoms with Crippen molar-refractivity contribution in [3.05, 3.63) is 53.9 Å². The number of quaternary nitrogens is 1. The predicted octanol–water partition coefficient (Wildman–Crippen LogP) is 0.670. The predicted molar refractivity (Wildman–Crippen MR) is 78.7 cm³/mol. The number of benzene rings is 1. The zero-order chi connectivity index (χ0) is 14.8. The number of fused-ring (bicyclic) bond motifs is 1. The zero-order valence-corrected chi connectivity index (χ0v) is 12.2. The molecule has 1 amide bonds. The average molecular weight is 286 g/mol. The van der Waals surface area contributed by atoms with Gasteiger partial charge >= 0.3 is 0 Å². The molecule has 21 heavy (non-hydrogen) atoms. The van der Waals surface area contributed by atoms with E-state index < -0.39 is 0 Å². The Labute approximate surface area is 123 Å². The van der Waals surface area contributed by atoms with Crippen LogP contribution in [0.3, 0.4) is 0 Å². The molecule has 1 atom stereocenters. The second-order valence-corrected chi connectivity index (χ2v) is 5.14. The average Bonchev–Trinajstić information content (AvgIpc) is 3.01. The number of amides is 1. The van der Waals surface area contributed by atoms with Gasteiger partial charge in [0.2, 0.25) is 0 Å². The van der Waals surface area contributed by atoms with E-state index in [1.807, 2.05) is 35.2 Å². The van der Waals surface area contributed by atoms with Gasteiger partial charge in [-0.15, -0.1) is 0 Å². The summed E-state index contributed by atoms with van der Waals surface area (Å²) in [4.78, 5) is 14.2. The molecule has 1 aromatic heterocycles. The van der Waals surface area contributed by atoms with Gasteiger partial charge in [-0.05, 0) is 29.8 Å². The minimum absolute atomic E-state index is 0.0712. The van der Waals surface area contributed by atoms with Gasteiger partial charge in [-0.1, -0.05) is 12.1 Å². The molecule has 2 heterocycles. The molecular formula is C16H20N3O2+. The van der Waals surface area contributed by atoms with Crippen LogP contribution >= 0.6 is 0 Å². The largest absolute Gasteiger partial charge is 0.497 e. The summed E-state index contributed by atoms with van der Waals surface area (Å²) in [6, 6.07) is 11.9. The van der Waals surface area contributed by atoms with Gasteiger partial charge in [0.15, 0.2) is 6.54 Å². The number of carbonyl (C=O) groups excluding carboxylic acids is 1. The van der Waals surface area contributed by atoms with Gasteiger partial charge in [-0.2, -0.15) is 0 Å². The SMILES string of the molecule is COc1cccc([C@@H]2c3cccn3CCN2C(=O)C[NH3+])c1. The van der Waals surface area contributed by atoms with Gasteiger partial charge in [-0.25, -0.2) is 0 Å². The lowest BCUT2D eigenvalue weighted by molar-refractivity contribution is -0.357. The smallest absolute Gasteiger partial charge is 0.278 e. The summed E-state index contributed by atoms with van der Waals surface area (Å²) < 4.78 is 7.52. The van der Waals surface area contributed by atoms with Crippen molar-refractivity contribution in [3.63, 3.8) is 0 Å². The lowest BCUT2D eigenvalue weighted by Gasteiger charge is -2.36. The number of methoxy groups -OCH3 is 1. The molecule has 0 bridgehead atoms. The molecule has 3 rings (SSSR count). The molecule has 0 saturated heterocycles. The molecule has 0 spiro atoms. The van der Waals surface area contributed by atoms with Crippen molar-refractivity contribution in [2.45, 2.75) is 12.6 Å². The van der Waals surface area contributed by atoms with Crippen LogP contribution in [0.2, 0.25) is 0 Å². The third-order valence-corrected chi connectivity index (χ3v) is 3.98. The van der Waals surface area contributed by atoms with Gasteiger partial charge in [-0.3, -0.25) is 4.79 Å². The second kappa shape index (κ2) is 5.61. The Morgan fingerprint density at radius 3 is 2.95 bits per heavy atom. The summed E-state index contributed by atoms with van der Waals surface area (Å²) >= 11 is 0. The van der Waals surface area contributed by atoms with E-state index in [2.05, 4.69) is 22.6 Å². The van der Waals surface area contributed by atoms with Gasteiger partial charge in [0.05, 0.1) is 13.2 Å². The standard InChI is InChI=1S/C16H19N3O2/c1-21-13-5-2-4-12(10-13)16-14-6-3-7-18(14)8-9-19(16)15(20)11-17/h2-7,10,16H,8-9,11,17H2,1H3/p+1/t16-/m1/s1. The first-order valence-electron chi connectivity index (χ1n) is 7.12. The maximum absolute atomic E-state index is 12.3. The van der Waals surface area contributed by atoms with E-state index in [1.54, 1.807) is 7.11 Å². The summed E-state index contributed by atoms with van der Waals surface area (Å²) in [7, 11) is 1.65. The van der Waals surface area contributed by atoms with Crippen molar-refractivity contribution in [1.29, 1.82) is 0 Å². The molecule has 0 unspecified atom stereocenters. The molecule has 1 aliphatic heterocycles. The molecule has 0 fully saturated rings. The number of aromatic nitrogens is 1. The molecule has 1 aliphatic rings. The third kappa shape index (κ3) is 2.40. The molecule has 3 N–H and O–H groups in total. The number of carbonyl (C=O) groups is 1. The monoisotopic (exact) mass is 286 g/mol. The maximum Gasteiger partial charge on any atom is 0.278 e. The van der Waals surface area contributed by atoms with E-state index in [0.29, 0.717) is 6.54 Å². The van der Waals surface area contributed by atoms with E-state index in [9.17, 15) is 4.79 Å². The highest BCUT2D eigenvalue weighted by atomic mass is 16.5. The lowest BCUT2D eigenvalue weighted by Crippen LogP contribution is -2.59. The van der Waals surface area contributed by atoms with Gasteiger partial charge in [0, 0.05) is 25.0 Å². The van der Waals surface area contributed by atoms with Crippen LogP contribution in [0.1, 0.15) is 17.3 Å². The Kier molecular flexibility index (Phi) is 3.66. The Bertz CT molecular complexity index is 650. The topological polar surface area (TPSA) is 62.1 Å². The van der Waals surface area contributed by atoms with E-state index in [1.165, 1.54) is 0 Å². The maximum atomic E-state index is 12.3. The fraction of sp³-hybridized carbons (Fsp3) is 0.312. The minimum Gasteiger partial charge on any atom is -0.497 e. The van der Waals surface area contributed by atoms with Crippen LogP contribution < -0.4 is 10.5 Å². The van der Waals surface area contributed by atoms with Crippen molar-refractivity contribution in [3.8, 4) is 5.75 Å². The van der Waals surface area contributed by atoms with Crippen molar-refractivity contribution in [1.82, 2.24) is 9.47 Å². The first-order valence-corrected chi connectivity index (χ1v) is 7.12.